The molecule has 1 aliphatic rings. The van der Waals surface area contributed by atoms with E-state index in [1.165, 1.54) is 5.56 Å². The molecule has 3 heterocycles. The number of piperazine rings is 1. The molecule has 30 heavy (non-hydrogen) atoms. The van der Waals surface area contributed by atoms with Gasteiger partial charge in [0.15, 0.2) is 5.82 Å². The summed E-state index contributed by atoms with van der Waals surface area (Å²) in [4.78, 5) is 14.4. The van der Waals surface area contributed by atoms with Crippen LogP contribution in [0, 0.1) is 0 Å². The first kappa shape index (κ1) is 19.3. The third-order valence-corrected chi connectivity index (χ3v) is 6.41. The Bertz CT molecular complexity index is 1170. The molecule has 0 saturated carbocycles. The average Bonchev–Trinajstić information content (AvgIpc) is 3.27. The van der Waals surface area contributed by atoms with E-state index in [0.29, 0.717) is 16.4 Å². The minimum atomic E-state index is 0.172. The summed E-state index contributed by atoms with van der Waals surface area (Å²) in [5, 5.41) is 16.3. The number of fused-ring (bicyclic) bond motifs is 1. The number of anilines is 1. The van der Waals surface area contributed by atoms with E-state index in [-0.39, 0.29) is 5.75 Å². The number of phenols is 1. The molecule has 1 aliphatic heterocycles. The molecule has 0 unspecified atom stereocenters. The minimum absolute atomic E-state index is 0.172. The lowest BCUT2D eigenvalue weighted by molar-refractivity contribution is 0.250. The summed E-state index contributed by atoms with van der Waals surface area (Å²) < 4.78 is 0. The van der Waals surface area contributed by atoms with Crippen LogP contribution in [0.5, 0.6) is 5.75 Å². The average molecular weight is 437 g/mol. The van der Waals surface area contributed by atoms with Crippen molar-refractivity contribution in [2.75, 3.05) is 31.1 Å². The van der Waals surface area contributed by atoms with Crippen LogP contribution in [0.1, 0.15) is 5.56 Å². The number of aromatic hydroxyl groups is 1. The van der Waals surface area contributed by atoms with Crippen molar-refractivity contribution in [3.05, 3.63) is 69.9 Å². The van der Waals surface area contributed by atoms with Gasteiger partial charge >= 0.3 is 0 Å². The molecule has 7 heteroatoms. The molecule has 1 N–H and O–H groups in total. The summed E-state index contributed by atoms with van der Waals surface area (Å²) in [7, 11) is 0. The second-order valence-electron chi connectivity index (χ2n) is 7.44. The minimum Gasteiger partial charge on any atom is -0.507 e. The van der Waals surface area contributed by atoms with Gasteiger partial charge in [0, 0.05) is 43.1 Å². The molecule has 0 spiro atoms. The molecule has 152 valence electrons. The summed E-state index contributed by atoms with van der Waals surface area (Å²) in [6, 6.07) is 15.1. The van der Waals surface area contributed by atoms with Crippen molar-refractivity contribution in [3.63, 3.8) is 0 Å². The Kier molecular flexibility index (Phi) is 5.29. The third-order valence-electron chi connectivity index (χ3n) is 5.44. The molecule has 0 aliphatic carbocycles. The summed E-state index contributed by atoms with van der Waals surface area (Å²) in [5.41, 5.74) is 2.78. The first-order valence-electron chi connectivity index (χ1n) is 9.91. The Morgan fingerprint density at radius 2 is 1.83 bits per heavy atom. The number of nitrogens with zero attached hydrogens (tertiary/aromatic N) is 4. The highest BCUT2D eigenvalue weighted by Crippen LogP contribution is 2.33. The number of thiophene rings is 1. The number of hydrogen-bond acceptors (Lipinski definition) is 6. The van der Waals surface area contributed by atoms with E-state index in [1.54, 1.807) is 23.5 Å². The Hall–Kier alpha value is -2.67. The zero-order valence-corrected chi connectivity index (χ0v) is 17.9. The van der Waals surface area contributed by atoms with E-state index in [4.69, 9.17) is 21.6 Å². The van der Waals surface area contributed by atoms with Crippen molar-refractivity contribution < 1.29 is 5.11 Å². The van der Waals surface area contributed by atoms with Crippen LogP contribution in [0.25, 0.3) is 22.3 Å². The van der Waals surface area contributed by atoms with Gasteiger partial charge in [-0.3, -0.25) is 4.90 Å². The van der Waals surface area contributed by atoms with Crippen molar-refractivity contribution in [1.29, 1.82) is 0 Å². The highest BCUT2D eigenvalue weighted by molar-refractivity contribution is 7.07. The van der Waals surface area contributed by atoms with Gasteiger partial charge in [-0.25, -0.2) is 9.97 Å². The maximum Gasteiger partial charge on any atom is 0.165 e. The fourth-order valence-corrected chi connectivity index (χ4v) is 4.70. The molecular formula is C23H21ClN4OS. The van der Waals surface area contributed by atoms with Gasteiger partial charge in [0.05, 0.1) is 11.1 Å². The van der Waals surface area contributed by atoms with Gasteiger partial charge in [-0.1, -0.05) is 23.7 Å². The lowest BCUT2D eigenvalue weighted by atomic mass is 10.1. The zero-order valence-electron chi connectivity index (χ0n) is 16.3. The van der Waals surface area contributed by atoms with Gasteiger partial charge in [-0.15, -0.1) is 0 Å². The van der Waals surface area contributed by atoms with Crippen LogP contribution >= 0.6 is 22.9 Å². The first-order chi connectivity index (χ1) is 14.7. The van der Waals surface area contributed by atoms with Crippen molar-refractivity contribution in [3.8, 4) is 17.1 Å². The normalized spacial score (nSPS) is 15.0. The van der Waals surface area contributed by atoms with Gasteiger partial charge in [0.25, 0.3) is 0 Å². The van der Waals surface area contributed by atoms with Crippen LogP contribution in [0.3, 0.4) is 0 Å². The van der Waals surface area contributed by atoms with Crippen molar-refractivity contribution in [2.45, 2.75) is 6.54 Å². The number of benzene rings is 2. The molecule has 0 radical (unpaired) electrons. The highest BCUT2D eigenvalue weighted by Gasteiger charge is 2.22. The second kappa shape index (κ2) is 8.22. The molecule has 4 aromatic rings. The van der Waals surface area contributed by atoms with Crippen LogP contribution in [-0.4, -0.2) is 46.2 Å². The standard InChI is InChI=1S/C23H21ClN4OS/c24-17-5-6-18-20(13-17)25-22(19-3-1-2-4-21(19)29)26-23(18)28-10-8-27(9-11-28)14-16-7-12-30-15-16/h1-7,12-13,15,29H,8-11,14H2. The van der Waals surface area contributed by atoms with E-state index in [0.717, 1.165) is 49.4 Å². The number of phenolic OH excluding ortho intramolecular Hbond substituents is 1. The number of para-hydroxylation sites is 1. The van der Waals surface area contributed by atoms with Crippen LogP contribution in [0.2, 0.25) is 5.02 Å². The topological polar surface area (TPSA) is 52.5 Å². The highest BCUT2D eigenvalue weighted by atomic mass is 35.5. The summed E-state index contributed by atoms with van der Waals surface area (Å²) in [6.07, 6.45) is 0. The maximum atomic E-state index is 10.3. The van der Waals surface area contributed by atoms with Gasteiger partial charge in [0.2, 0.25) is 0 Å². The van der Waals surface area contributed by atoms with E-state index in [1.807, 2.05) is 30.3 Å². The third kappa shape index (κ3) is 3.86. The largest absolute Gasteiger partial charge is 0.507 e. The Morgan fingerprint density at radius 1 is 1.00 bits per heavy atom. The number of halogens is 1. The zero-order chi connectivity index (χ0) is 20.5. The Labute approximate surface area is 184 Å². The van der Waals surface area contributed by atoms with Gasteiger partial charge in [-0.05, 0) is 52.7 Å². The predicted octanol–water partition coefficient (Wildman–Crippen LogP) is 5.04. The summed E-state index contributed by atoms with van der Waals surface area (Å²) in [6.45, 7) is 4.71. The lowest BCUT2D eigenvalue weighted by Crippen LogP contribution is -2.46. The van der Waals surface area contributed by atoms with E-state index in [2.05, 4.69) is 26.6 Å². The maximum absolute atomic E-state index is 10.3. The quantitative estimate of drug-likeness (QED) is 0.485. The van der Waals surface area contributed by atoms with E-state index < -0.39 is 0 Å². The van der Waals surface area contributed by atoms with Crippen molar-refractivity contribution >= 4 is 39.7 Å². The van der Waals surface area contributed by atoms with Crippen LogP contribution in [-0.2, 0) is 6.54 Å². The van der Waals surface area contributed by atoms with Gasteiger partial charge in [-0.2, -0.15) is 11.3 Å². The molecular weight excluding hydrogens is 416 g/mol. The molecule has 5 rings (SSSR count). The fourth-order valence-electron chi connectivity index (χ4n) is 3.87. The molecule has 1 saturated heterocycles. The molecule has 2 aromatic carbocycles. The molecule has 0 atom stereocenters. The van der Waals surface area contributed by atoms with E-state index in [9.17, 15) is 5.11 Å². The number of rotatable bonds is 4. The Morgan fingerprint density at radius 3 is 2.60 bits per heavy atom. The number of aromatic nitrogens is 2. The predicted molar refractivity (Wildman–Crippen MR) is 123 cm³/mol. The molecule has 0 amide bonds. The van der Waals surface area contributed by atoms with Crippen molar-refractivity contribution in [1.82, 2.24) is 14.9 Å². The van der Waals surface area contributed by atoms with Crippen LogP contribution < -0.4 is 4.90 Å². The Balaban J connectivity index is 1.48. The van der Waals surface area contributed by atoms with Crippen LogP contribution in [0.4, 0.5) is 5.82 Å². The van der Waals surface area contributed by atoms with Gasteiger partial charge < -0.3 is 10.0 Å². The SMILES string of the molecule is Oc1ccccc1-c1nc(N2CCN(Cc3ccsc3)CC2)c2ccc(Cl)cc2n1. The summed E-state index contributed by atoms with van der Waals surface area (Å²) in [5.74, 6) is 1.58. The summed E-state index contributed by atoms with van der Waals surface area (Å²) >= 11 is 7.99. The van der Waals surface area contributed by atoms with Crippen LogP contribution in [0.15, 0.2) is 59.3 Å². The fraction of sp³-hybridized carbons (Fsp3) is 0.217. The monoisotopic (exact) mass is 436 g/mol. The number of hydrogen-bond donors (Lipinski definition) is 1. The lowest BCUT2D eigenvalue weighted by Gasteiger charge is -2.35. The van der Waals surface area contributed by atoms with E-state index >= 15 is 0 Å². The first-order valence-corrected chi connectivity index (χ1v) is 11.2. The van der Waals surface area contributed by atoms with Crippen molar-refractivity contribution in [2.24, 2.45) is 0 Å². The van der Waals surface area contributed by atoms with Gasteiger partial charge in [0.1, 0.15) is 11.6 Å². The molecule has 5 nitrogen and oxygen atoms in total. The molecule has 2 aromatic heterocycles. The molecule has 0 bridgehead atoms. The second-order valence-corrected chi connectivity index (χ2v) is 8.66. The molecule has 1 fully saturated rings. The smallest absolute Gasteiger partial charge is 0.165 e.